The van der Waals surface area contributed by atoms with Crippen molar-refractivity contribution in [1.82, 2.24) is 9.88 Å². The number of thiazole rings is 1. The first kappa shape index (κ1) is 26.1. The number of carbonyl (C=O) groups excluding carboxylic acids is 1. The molecule has 11 heteroatoms. The summed E-state index contributed by atoms with van der Waals surface area (Å²) in [4.78, 5) is 19.9. The normalized spacial score (nSPS) is 19.5. The standard InChI is InChI=1S/C22H26ClF3N2O3S2/c1-20(2,3)31-19(29)28-14(11-30-21(28,4)5)9-17(18-10-27-12-32-18)33-16-8-13(22(24,25)26)6-7-15(16)23/h6-8,10,12,14,17H,9,11H2,1-5H3/t14-,17+/m0/s1. The monoisotopic (exact) mass is 522 g/mol. The Morgan fingerprint density at radius 2 is 2.09 bits per heavy atom. The Hall–Kier alpha value is -1.49. The van der Waals surface area contributed by atoms with Crippen LogP contribution in [0.2, 0.25) is 5.02 Å². The number of ether oxygens (including phenoxy) is 2. The third-order valence-corrected chi connectivity index (χ3v) is 7.75. The van der Waals surface area contributed by atoms with Crippen LogP contribution in [0, 0.1) is 0 Å². The van der Waals surface area contributed by atoms with E-state index in [2.05, 4.69) is 4.98 Å². The molecule has 1 saturated heterocycles. The number of alkyl halides is 3. The van der Waals surface area contributed by atoms with Gasteiger partial charge >= 0.3 is 12.3 Å². The molecule has 5 nitrogen and oxygen atoms in total. The molecule has 0 aliphatic carbocycles. The van der Waals surface area contributed by atoms with E-state index in [-0.39, 0.29) is 22.9 Å². The minimum atomic E-state index is -4.48. The largest absolute Gasteiger partial charge is 0.444 e. The third kappa shape index (κ3) is 6.55. The molecule has 0 bridgehead atoms. The van der Waals surface area contributed by atoms with E-state index in [1.807, 2.05) is 0 Å². The second-order valence-electron chi connectivity index (χ2n) is 9.15. The molecule has 33 heavy (non-hydrogen) atoms. The molecule has 1 aromatic heterocycles. The maximum atomic E-state index is 13.3. The van der Waals surface area contributed by atoms with Gasteiger partial charge in [-0.15, -0.1) is 23.1 Å². The van der Waals surface area contributed by atoms with Crippen LogP contribution in [0.25, 0.3) is 0 Å². The lowest BCUT2D eigenvalue weighted by Gasteiger charge is -2.36. The molecule has 1 aromatic carbocycles. The number of halogens is 4. The van der Waals surface area contributed by atoms with Crippen molar-refractivity contribution in [3.05, 3.63) is 45.4 Å². The quantitative estimate of drug-likeness (QED) is 0.383. The molecule has 182 valence electrons. The lowest BCUT2D eigenvalue weighted by atomic mass is 10.1. The van der Waals surface area contributed by atoms with Crippen LogP contribution in [0.3, 0.4) is 0 Å². The number of hydrogen-bond acceptors (Lipinski definition) is 6. The van der Waals surface area contributed by atoms with Crippen LogP contribution in [0.4, 0.5) is 18.0 Å². The van der Waals surface area contributed by atoms with Crippen molar-refractivity contribution >= 4 is 40.8 Å². The summed E-state index contributed by atoms with van der Waals surface area (Å²) in [5, 5.41) is -0.0690. The molecule has 1 aliphatic rings. The van der Waals surface area contributed by atoms with Crippen LogP contribution in [0.5, 0.6) is 0 Å². The van der Waals surface area contributed by atoms with Crippen LogP contribution >= 0.6 is 34.7 Å². The summed E-state index contributed by atoms with van der Waals surface area (Å²) in [5.74, 6) is 0. The topological polar surface area (TPSA) is 51.7 Å². The summed E-state index contributed by atoms with van der Waals surface area (Å²) in [7, 11) is 0. The second kappa shape index (κ2) is 9.64. The van der Waals surface area contributed by atoms with Crippen molar-refractivity contribution in [2.24, 2.45) is 0 Å². The van der Waals surface area contributed by atoms with Crippen LogP contribution in [0.15, 0.2) is 34.8 Å². The molecule has 1 amide bonds. The zero-order chi connectivity index (χ0) is 24.6. The number of nitrogens with zero attached hydrogens (tertiary/aromatic N) is 2. The number of rotatable bonds is 5. The summed E-state index contributed by atoms with van der Waals surface area (Å²) in [6.07, 6.45) is -2.87. The summed E-state index contributed by atoms with van der Waals surface area (Å²) >= 11 is 8.87. The summed E-state index contributed by atoms with van der Waals surface area (Å²) in [5.41, 5.74) is -0.670. The fourth-order valence-corrected chi connectivity index (χ4v) is 5.87. The smallest absolute Gasteiger partial charge is 0.416 e. The predicted molar refractivity (Wildman–Crippen MR) is 124 cm³/mol. The molecule has 1 aliphatic heterocycles. The number of amides is 1. The Morgan fingerprint density at radius 3 is 2.67 bits per heavy atom. The Labute approximate surface area is 204 Å². The fraction of sp³-hybridized carbons (Fsp3) is 0.545. The van der Waals surface area contributed by atoms with Gasteiger partial charge in [-0.3, -0.25) is 9.88 Å². The SMILES string of the molecule is CC(C)(C)OC(=O)N1[C@@H](C[C@@H](Sc2cc(C(F)(F)F)ccc2Cl)c2cncs2)COC1(C)C. The maximum Gasteiger partial charge on any atom is 0.416 e. The molecule has 1 fully saturated rings. The number of thioether (sulfide) groups is 1. The number of hydrogen-bond donors (Lipinski definition) is 0. The highest BCUT2D eigenvalue weighted by molar-refractivity contribution is 7.99. The average molecular weight is 523 g/mol. The van der Waals surface area contributed by atoms with E-state index in [1.54, 1.807) is 51.2 Å². The molecule has 0 spiro atoms. The van der Waals surface area contributed by atoms with Crippen molar-refractivity contribution < 1.29 is 27.4 Å². The zero-order valence-electron chi connectivity index (χ0n) is 18.9. The molecule has 2 aromatic rings. The molecular formula is C22H26ClF3N2O3S2. The number of benzene rings is 1. The first-order chi connectivity index (χ1) is 15.2. The van der Waals surface area contributed by atoms with Crippen molar-refractivity contribution in [2.75, 3.05) is 6.61 Å². The van der Waals surface area contributed by atoms with Crippen molar-refractivity contribution in [3.8, 4) is 0 Å². The van der Waals surface area contributed by atoms with Gasteiger partial charge < -0.3 is 9.47 Å². The van der Waals surface area contributed by atoms with Crippen LogP contribution < -0.4 is 0 Å². The number of aromatic nitrogens is 1. The summed E-state index contributed by atoms with van der Waals surface area (Å²) < 4.78 is 51.3. The Kier molecular flexibility index (Phi) is 7.63. The van der Waals surface area contributed by atoms with Gasteiger partial charge in [-0.1, -0.05) is 11.6 Å². The first-order valence-corrected chi connectivity index (χ1v) is 12.4. The lowest BCUT2D eigenvalue weighted by Crippen LogP contribution is -2.50. The molecule has 2 atom stereocenters. The van der Waals surface area contributed by atoms with E-state index in [9.17, 15) is 18.0 Å². The zero-order valence-corrected chi connectivity index (χ0v) is 21.3. The van der Waals surface area contributed by atoms with Gasteiger partial charge in [0.25, 0.3) is 0 Å². The molecule has 0 radical (unpaired) electrons. The third-order valence-electron chi connectivity index (χ3n) is 4.95. The van der Waals surface area contributed by atoms with Gasteiger partial charge in [0.1, 0.15) is 11.3 Å². The van der Waals surface area contributed by atoms with E-state index < -0.39 is 29.2 Å². The Bertz CT molecular complexity index is 978. The van der Waals surface area contributed by atoms with E-state index >= 15 is 0 Å². The summed E-state index contributed by atoms with van der Waals surface area (Å²) in [6.45, 7) is 9.21. The van der Waals surface area contributed by atoms with E-state index in [4.69, 9.17) is 21.1 Å². The number of carbonyl (C=O) groups is 1. The van der Waals surface area contributed by atoms with Crippen LogP contribution in [-0.2, 0) is 15.7 Å². The highest BCUT2D eigenvalue weighted by atomic mass is 35.5. The molecular weight excluding hydrogens is 497 g/mol. The predicted octanol–water partition coefficient (Wildman–Crippen LogP) is 7.41. The lowest BCUT2D eigenvalue weighted by molar-refractivity contribution is -0.137. The highest BCUT2D eigenvalue weighted by Crippen LogP contribution is 2.46. The van der Waals surface area contributed by atoms with Gasteiger partial charge in [-0.2, -0.15) is 13.2 Å². The molecule has 0 unspecified atom stereocenters. The van der Waals surface area contributed by atoms with Gasteiger partial charge in [0.2, 0.25) is 0 Å². The molecule has 0 saturated carbocycles. The van der Waals surface area contributed by atoms with Gasteiger partial charge in [0.15, 0.2) is 0 Å². The van der Waals surface area contributed by atoms with Crippen LogP contribution in [0.1, 0.15) is 56.7 Å². The minimum absolute atomic E-state index is 0.231. The van der Waals surface area contributed by atoms with E-state index in [1.165, 1.54) is 29.2 Å². The van der Waals surface area contributed by atoms with Crippen molar-refractivity contribution in [1.29, 1.82) is 0 Å². The van der Waals surface area contributed by atoms with E-state index in [0.29, 0.717) is 11.3 Å². The first-order valence-electron chi connectivity index (χ1n) is 10.3. The molecule has 2 heterocycles. The Balaban J connectivity index is 1.89. The van der Waals surface area contributed by atoms with Gasteiger partial charge in [-0.25, -0.2) is 4.79 Å². The van der Waals surface area contributed by atoms with E-state index in [0.717, 1.165) is 17.0 Å². The molecule has 0 N–H and O–H groups in total. The van der Waals surface area contributed by atoms with Crippen LogP contribution in [-0.4, -0.2) is 40.0 Å². The van der Waals surface area contributed by atoms with Crippen molar-refractivity contribution in [3.63, 3.8) is 0 Å². The summed E-state index contributed by atoms with van der Waals surface area (Å²) in [6, 6.07) is 2.93. The van der Waals surface area contributed by atoms with Gasteiger partial charge in [0, 0.05) is 21.2 Å². The van der Waals surface area contributed by atoms with Gasteiger partial charge in [-0.05, 0) is 59.2 Å². The minimum Gasteiger partial charge on any atom is -0.444 e. The fourth-order valence-electron chi connectivity index (χ4n) is 3.51. The highest BCUT2D eigenvalue weighted by Gasteiger charge is 2.46. The van der Waals surface area contributed by atoms with Crippen molar-refractivity contribution in [2.45, 2.75) is 74.7 Å². The van der Waals surface area contributed by atoms with Gasteiger partial charge in [0.05, 0.1) is 28.7 Å². The Morgan fingerprint density at radius 1 is 1.39 bits per heavy atom. The molecule has 3 rings (SSSR count). The average Bonchev–Trinajstić information content (AvgIpc) is 3.28. The second-order valence-corrected chi connectivity index (χ2v) is 11.7. The maximum absolute atomic E-state index is 13.3.